The van der Waals surface area contributed by atoms with E-state index >= 15 is 0 Å². The number of rotatable bonds is 11. The molecule has 26 rings (SSSR count). The normalized spacial score (nSPS) is 25.5. The summed E-state index contributed by atoms with van der Waals surface area (Å²) in [6.07, 6.45) is 20.2. The highest BCUT2D eigenvalue weighted by Crippen LogP contribution is 2.65. The van der Waals surface area contributed by atoms with Crippen molar-refractivity contribution < 1.29 is 12.3 Å². The van der Waals surface area contributed by atoms with Crippen LogP contribution < -0.4 is 24.5 Å². The van der Waals surface area contributed by atoms with Crippen LogP contribution in [0.15, 0.2) is 332 Å². The number of hydrogen-bond acceptors (Lipinski definition) is 10. The molecule has 0 amide bonds. The Morgan fingerprint density at radius 3 is 1.11 bits per heavy atom. The van der Waals surface area contributed by atoms with E-state index in [4.69, 9.17) is 6.85 Å². The number of allylic oxidation sites excluding steroid dienone is 5. The van der Waals surface area contributed by atoms with E-state index in [9.17, 15) is 5.48 Å². The molecule has 14 aliphatic rings. The maximum atomic E-state index is 9.66. The molecule has 0 aromatic heterocycles. The summed E-state index contributed by atoms with van der Waals surface area (Å²) in [5, 5.41) is 0. The quantitative estimate of drug-likeness (QED) is 0.125. The fraction of sp³-hybridized carbons (Fsp3) is 0.354. The van der Waals surface area contributed by atoms with Crippen LogP contribution in [0.1, 0.15) is 293 Å². The number of nitrogens with zero attached hydrogens (tertiary/aromatic N) is 10. The molecule has 4 saturated carbocycles. The van der Waals surface area contributed by atoms with Crippen LogP contribution in [0.25, 0.3) is 28.5 Å². The molecule has 10 heteroatoms. The molecule has 0 bridgehead atoms. The van der Waals surface area contributed by atoms with Crippen molar-refractivity contribution in [1.82, 2.24) is 24.5 Å². The molecule has 10 heterocycles. The molecule has 4 aliphatic carbocycles. The van der Waals surface area contributed by atoms with E-state index < -0.39 is 51.8 Å². The summed E-state index contributed by atoms with van der Waals surface area (Å²) in [6, 6.07) is 103. The predicted molar refractivity (Wildman–Crippen MR) is 582 cm³/mol. The average Bonchev–Trinajstić information content (AvgIpc) is 1.52. The number of hydrogen-bond donors (Lipinski definition) is 0. The van der Waals surface area contributed by atoms with E-state index in [-0.39, 0.29) is 54.1 Å². The Bertz CT molecular complexity index is 6970. The fourth-order valence-electron chi connectivity index (χ4n) is 25.4. The first-order valence-electron chi connectivity index (χ1n) is 53.7. The van der Waals surface area contributed by atoms with Gasteiger partial charge in [-0.15, -0.1) is 0 Å². The number of fused-ring (bicyclic) bond motifs is 15. The van der Waals surface area contributed by atoms with E-state index in [0.717, 1.165) is 114 Å². The molecule has 10 nitrogen and oxygen atoms in total. The van der Waals surface area contributed by atoms with Crippen LogP contribution >= 0.6 is 0 Å². The van der Waals surface area contributed by atoms with Gasteiger partial charge in [0.2, 0.25) is 0 Å². The topological polar surface area (TPSA) is 32.4 Å². The lowest BCUT2D eigenvalue weighted by molar-refractivity contribution is 0.0376. The van der Waals surface area contributed by atoms with Crippen molar-refractivity contribution in [2.45, 2.75) is 239 Å². The van der Waals surface area contributed by atoms with Gasteiger partial charge in [0.15, 0.2) is 0 Å². The summed E-state index contributed by atoms with van der Waals surface area (Å²) >= 11 is 0. The van der Waals surface area contributed by atoms with Gasteiger partial charge in [-0.25, -0.2) is 0 Å². The van der Waals surface area contributed by atoms with Crippen LogP contribution in [0, 0.1) is 58.3 Å². The Hall–Kier alpha value is -12.7. The minimum atomic E-state index is -1.67. The van der Waals surface area contributed by atoms with Crippen LogP contribution in [0.2, 0.25) is 0 Å². The van der Waals surface area contributed by atoms with Gasteiger partial charge < -0.3 is 49.0 Å². The zero-order chi connectivity index (χ0) is 97.6. The van der Waals surface area contributed by atoms with Crippen molar-refractivity contribution in [2.24, 2.45) is 23.7 Å². The van der Waals surface area contributed by atoms with Crippen molar-refractivity contribution in [3.8, 4) is 0 Å². The first-order chi connectivity index (χ1) is 68.3. The summed E-state index contributed by atoms with van der Waals surface area (Å²) in [4.78, 5) is 21.3. The van der Waals surface area contributed by atoms with E-state index in [1.165, 1.54) is 163 Å². The molecule has 8 atom stereocenters. The Balaban J connectivity index is 0.000000124. The second-order valence-electron chi connectivity index (χ2n) is 38.7. The molecule has 12 aromatic rings. The largest absolute Gasteiger partial charge is 0.347 e. The molecule has 0 N–H and O–H groups in total. The predicted octanol–water partition coefficient (Wildman–Crippen LogP) is 32.4. The van der Waals surface area contributed by atoms with E-state index in [2.05, 4.69) is 261 Å². The van der Waals surface area contributed by atoms with Crippen molar-refractivity contribution in [3.05, 3.63) is 426 Å². The third-order valence-corrected chi connectivity index (χ3v) is 31.5. The standard InChI is InChI=1S/C29H30N2.C28H34N2.C24H22N2.C23H26N2.C18H18N2.5CH4/c1-21-12-6-11-19-27(21)30-20-31-28(22(30)2)25-17-9-10-18-26(25)29(31,24-15-7-8-16-24)23-13-4-3-5-14-23;1-20-11-3-10-18-26(20)29-19-30-27(21(29)2)24-16-8-9-17-25(24)28(30,22-12-4-5-13-22)23-14-6-7-15-23;1-17-10-6-9-15-22(17)25-16-26-23(18(25)2)20-13-7-8-14-21(20)24(26)19-11-4-3-5-12-19;1-16-9-3-8-14-21(16)24-15-25-22(17(24)2)19-12-6-7-13-20(19)23(25)18-10-4-5-11-18;1-13-7-3-6-10-17(13)20-12-19-11-15-8-4-5-9-16(15)18(19)14(20)2;;;;;/h3-6,9-14,17-19,24H,7-8,15-16,20H2,1-2H3;3,8-11,16-18,22-23H,4-7,12-15,19H2,1-2H3;3-15,24H,16H2,1-2H3;3,6-9,12-14,18,23H,4-5,10-11,15H2,1-2H3;3-10H,11-12H2,1-2H3;5*1H4/i20D;19D;16D,24D;15D,23D;11D2,12D;;;;;. The fourth-order valence-corrected chi connectivity index (χ4v) is 25.4. The van der Waals surface area contributed by atoms with Gasteiger partial charge in [-0.1, -0.05) is 361 Å². The highest BCUT2D eigenvalue weighted by atomic mass is 15.5. The average molecular weight is 1830 g/mol. The van der Waals surface area contributed by atoms with Crippen LogP contribution in [0.3, 0.4) is 0 Å². The lowest BCUT2D eigenvalue weighted by Gasteiger charge is -2.49. The lowest BCUT2D eigenvalue weighted by atomic mass is 9.67. The summed E-state index contributed by atoms with van der Waals surface area (Å²) in [6.45, 7) is 16.4. The smallest absolute Gasteiger partial charge is 0.0962 e. The maximum Gasteiger partial charge on any atom is 0.0962 e. The molecular formula is C127H150N10. The molecular weight excluding hydrogens is 1670 g/mol. The van der Waals surface area contributed by atoms with Crippen LogP contribution in [-0.4, -0.2) is 57.7 Å². The van der Waals surface area contributed by atoms with E-state index in [1.807, 2.05) is 156 Å². The molecule has 708 valence electrons. The SMILES string of the molecule is C.C.C.C.C.[2H]C1N(c2ccccc2C)C(C)=C2c3ccccc3C(C3CCCC3)(C3CCCC3)N21.[2H]C1N(c2ccccc2C)C(C)=C2c3ccccc3C([2H])(C3CCCC3)N21.[2H]C1N(c2ccccc2C)C(C)=C2c3ccccc3C([2H])([2H])N21.[2H]C1N(c2ccccc2C)C(C)=C2c3ccccc3C([2H])(c3ccccc3)N21.[2H]C1N(c2ccccc2C)C(C)=C2c3ccccc3C(c3ccccc3)(C3CCCC3)N21. The van der Waals surface area contributed by atoms with Gasteiger partial charge in [0, 0.05) is 91.2 Å². The van der Waals surface area contributed by atoms with Crippen molar-refractivity contribution in [3.63, 3.8) is 0 Å². The van der Waals surface area contributed by atoms with E-state index in [0.29, 0.717) is 23.3 Å². The van der Waals surface area contributed by atoms with Gasteiger partial charge in [-0.05, 0) is 241 Å². The maximum absolute atomic E-state index is 9.66. The van der Waals surface area contributed by atoms with Gasteiger partial charge in [0.1, 0.15) is 0 Å². The van der Waals surface area contributed by atoms with Crippen molar-refractivity contribution >= 4 is 56.9 Å². The third-order valence-electron chi connectivity index (χ3n) is 31.5. The Morgan fingerprint density at radius 2 is 0.613 bits per heavy atom. The number of anilines is 5. The van der Waals surface area contributed by atoms with Gasteiger partial charge in [0.05, 0.1) is 97.2 Å². The highest BCUT2D eigenvalue weighted by molar-refractivity contribution is 5.88. The monoisotopic (exact) mass is 1820 g/mol. The first-order valence-corrected chi connectivity index (χ1v) is 48.8. The Labute approximate surface area is 835 Å². The second-order valence-corrected chi connectivity index (χ2v) is 38.7. The summed E-state index contributed by atoms with van der Waals surface area (Å²) in [5.74, 6) is 2.10. The molecule has 12 aromatic carbocycles. The number of benzene rings is 12. The van der Waals surface area contributed by atoms with E-state index in [1.54, 1.807) is 4.90 Å². The minimum absolute atomic E-state index is 0. The van der Waals surface area contributed by atoms with Gasteiger partial charge in [0.25, 0.3) is 0 Å². The van der Waals surface area contributed by atoms with Gasteiger partial charge in [-0.3, -0.25) is 0 Å². The minimum Gasteiger partial charge on any atom is -0.347 e. The van der Waals surface area contributed by atoms with Crippen LogP contribution in [-0.2, 0) is 17.6 Å². The van der Waals surface area contributed by atoms with Gasteiger partial charge in [-0.2, -0.15) is 0 Å². The zero-order valence-corrected chi connectivity index (χ0v) is 78.3. The summed E-state index contributed by atoms with van der Waals surface area (Å²) in [7, 11) is 0. The second kappa shape index (κ2) is 39.8. The van der Waals surface area contributed by atoms with Gasteiger partial charge >= 0.3 is 0 Å². The zero-order valence-electron chi connectivity index (χ0n) is 87.3. The molecule has 0 saturated heterocycles. The molecule has 4 fully saturated rings. The molecule has 137 heavy (non-hydrogen) atoms. The van der Waals surface area contributed by atoms with Crippen molar-refractivity contribution in [1.29, 1.82) is 0 Å². The molecule has 10 aliphatic heterocycles. The highest BCUT2D eigenvalue weighted by Gasteiger charge is 2.61. The number of aryl methyl sites for hydroxylation is 5. The summed E-state index contributed by atoms with van der Waals surface area (Å²) < 4.78 is 82.6. The van der Waals surface area contributed by atoms with Crippen molar-refractivity contribution in [2.75, 3.05) is 57.7 Å². The van der Waals surface area contributed by atoms with Crippen LogP contribution in [0.5, 0.6) is 0 Å². The number of para-hydroxylation sites is 5. The summed E-state index contributed by atoms with van der Waals surface area (Å²) in [5.41, 5.74) is 35.4. The molecule has 8 unspecified atom stereocenters. The lowest BCUT2D eigenvalue weighted by Crippen LogP contribution is -2.52. The molecule has 0 spiro atoms. The Morgan fingerprint density at radius 1 is 0.277 bits per heavy atom. The first kappa shape index (κ1) is 84.8. The Kier molecular flexibility index (Phi) is 24.6. The molecule has 0 radical (unpaired) electrons. The third kappa shape index (κ3) is 16.0. The van der Waals surface area contributed by atoms with Crippen LogP contribution in [0.4, 0.5) is 28.4 Å².